The first kappa shape index (κ1) is 14.5. The van der Waals surface area contributed by atoms with Crippen molar-refractivity contribution in [1.82, 2.24) is 9.62 Å². The normalized spacial score (nSPS) is 18.6. The van der Waals surface area contributed by atoms with Gasteiger partial charge in [0.05, 0.1) is 4.90 Å². The van der Waals surface area contributed by atoms with Crippen molar-refractivity contribution < 1.29 is 8.42 Å². The summed E-state index contributed by atoms with van der Waals surface area (Å²) >= 11 is 0. The van der Waals surface area contributed by atoms with Crippen LogP contribution in [0.25, 0.3) is 0 Å². The second-order valence-electron chi connectivity index (χ2n) is 5.01. The molecule has 5 nitrogen and oxygen atoms in total. The molecule has 1 aromatic carbocycles. The van der Waals surface area contributed by atoms with Gasteiger partial charge in [-0.15, -0.1) is 0 Å². The van der Waals surface area contributed by atoms with Crippen molar-refractivity contribution in [3.05, 3.63) is 29.8 Å². The Morgan fingerprint density at radius 1 is 1.32 bits per heavy atom. The third kappa shape index (κ3) is 3.54. The van der Waals surface area contributed by atoms with Gasteiger partial charge < -0.3 is 10.6 Å². The van der Waals surface area contributed by atoms with E-state index in [4.69, 9.17) is 5.73 Å². The first-order chi connectivity index (χ1) is 9.03. The van der Waals surface area contributed by atoms with Crippen molar-refractivity contribution in [1.29, 1.82) is 0 Å². The fraction of sp³-hybridized carbons (Fsp3) is 0.538. The molecule has 1 fully saturated rings. The van der Waals surface area contributed by atoms with Gasteiger partial charge in [0.25, 0.3) is 0 Å². The van der Waals surface area contributed by atoms with Crippen molar-refractivity contribution in [2.24, 2.45) is 5.73 Å². The fourth-order valence-electron chi connectivity index (χ4n) is 2.34. The molecule has 0 aromatic heterocycles. The molecule has 1 aromatic rings. The Hall–Kier alpha value is -0.950. The number of rotatable bonds is 4. The molecular formula is C13H21N3O2S. The zero-order valence-corrected chi connectivity index (χ0v) is 12.0. The molecule has 0 spiro atoms. The Labute approximate surface area is 114 Å². The van der Waals surface area contributed by atoms with E-state index in [0.29, 0.717) is 10.5 Å². The predicted molar refractivity (Wildman–Crippen MR) is 75.2 cm³/mol. The highest BCUT2D eigenvalue weighted by Crippen LogP contribution is 2.17. The molecule has 0 amide bonds. The Morgan fingerprint density at radius 2 is 1.95 bits per heavy atom. The number of hydrogen-bond acceptors (Lipinski definition) is 4. The highest BCUT2D eigenvalue weighted by Gasteiger charge is 2.24. The smallest absolute Gasteiger partial charge is 0.241 e. The van der Waals surface area contributed by atoms with Gasteiger partial charge in [-0.1, -0.05) is 18.2 Å². The molecule has 0 saturated carbocycles. The van der Waals surface area contributed by atoms with Crippen LogP contribution >= 0.6 is 0 Å². The van der Waals surface area contributed by atoms with E-state index in [0.717, 1.165) is 25.9 Å². The third-order valence-electron chi connectivity index (χ3n) is 3.52. The Balaban J connectivity index is 2.14. The summed E-state index contributed by atoms with van der Waals surface area (Å²) in [4.78, 5) is 2.51. The minimum atomic E-state index is -3.47. The van der Waals surface area contributed by atoms with Crippen LogP contribution in [0.2, 0.25) is 0 Å². The highest BCUT2D eigenvalue weighted by molar-refractivity contribution is 7.89. The van der Waals surface area contributed by atoms with Crippen molar-refractivity contribution in [2.45, 2.75) is 30.3 Å². The molecule has 1 aliphatic rings. The molecule has 0 atom stereocenters. The predicted octanol–water partition coefficient (Wildman–Crippen LogP) is 0.518. The van der Waals surface area contributed by atoms with Gasteiger partial charge in [-0.05, 0) is 44.6 Å². The van der Waals surface area contributed by atoms with Crippen molar-refractivity contribution in [3.63, 3.8) is 0 Å². The van der Waals surface area contributed by atoms with E-state index >= 15 is 0 Å². The minimum absolute atomic E-state index is 0.0204. The summed E-state index contributed by atoms with van der Waals surface area (Å²) in [5.74, 6) is 0. The van der Waals surface area contributed by atoms with Crippen LogP contribution in [0.4, 0.5) is 0 Å². The van der Waals surface area contributed by atoms with Gasteiger partial charge in [0.1, 0.15) is 0 Å². The molecule has 1 heterocycles. The van der Waals surface area contributed by atoms with E-state index in [9.17, 15) is 8.42 Å². The molecule has 0 radical (unpaired) electrons. The van der Waals surface area contributed by atoms with E-state index < -0.39 is 10.0 Å². The summed E-state index contributed by atoms with van der Waals surface area (Å²) in [6, 6.07) is 6.91. The van der Waals surface area contributed by atoms with Crippen molar-refractivity contribution in [2.75, 3.05) is 20.1 Å². The summed E-state index contributed by atoms with van der Waals surface area (Å²) in [6.07, 6.45) is 1.70. The topological polar surface area (TPSA) is 75.4 Å². The average molecular weight is 283 g/mol. The first-order valence-electron chi connectivity index (χ1n) is 6.52. The second-order valence-corrected chi connectivity index (χ2v) is 6.69. The SMILES string of the molecule is CN1CCC(NS(=O)(=O)c2ccccc2CN)CC1. The summed E-state index contributed by atoms with van der Waals surface area (Å²) in [5, 5.41) is 0. The first-order valence-corrected chi connectivity index (χ1v) is 8.00. The lowest BCUT2D eigenvalue weighted by Crippen LogP contribution is -2.43. The lowest BCUT2D eigenvalue weighted by atomic mass is 10.1. The average Bonchev–Trinajstić information content (AvgIpc) is 2.41. The Morgan fingerprint density at radius 3 is 2.58 bits per heavy atom. The minimum Gasteiger partial charge on any atom is -0.326 e. The van der Waals surface area contributed by atoms with Crippen LogP contribution in [0.15, 0.2) is 29.2 Å². The molecular weight excluding hydrogens is 262 g/mol. The van der Waals surface area contributed by atoms with Crippen LogP contribution in [0, 0.1) is 0 Å². The number of nitrogens with two attached hydrogens (primary N) is 1. The second kappa shape index (κ2) is 6.00. The maximum Gasteiger partial charge on any atom is 0.241 e. The molecule has 1 aliphatic heterocycles. The van der Waals surface area contributed by atoms with E-state index in [-0.39, 0.29) is 12.6 Å². The van der Waals surface area contributed by atoms with Crippen molar-refractivity contribution in [3.8, 4) is 0 Å². The summed E-state index contributed by atoms with van der Waals surface area (Å²) in [6.45, 7) is 2.07. The van der Waals surface area contributed by atoms with Crippen LogP contribution in [-0.2, 0) is 16.6 Å². The van der Waals surface area contributed by atoms with Gasteiger partial charge in [-0.25, -0.2) is 13.1 Å². The largest absolute Gasteiger partial charge is 0.326 e. The molecule has 1 saturated heterocycles. The number of likely N-dealkylation sites (tertiary alicyclic amines) is 1. The van der Waals surface area contributed by atoms with Gasteiger partial charge in [-0.3, -0.25) is 0 Å². The van der Waals surface area contributed by atoms with Crippen LogP contribution in [-0.4, -0.2) is 39.5 Å². The molecule has 19 heavy (non-hydrogen) atoms. The maximum atomic E-state index is 12.4. The number of benzene rings is 1. The zero-order valence-electron chi connectivity index (χ0n) is 11.2. The number of nitrogens with one attached hydrogen (secondary N) is 1. The van der Waals surface area contributed by atoms with Gasteiger partial charge in [-0.2, -0.15) is 0 Å². The lowest BCUT2D eigenvalue weighted by molar-refractivity contribution is 0.248. The van der Waals surface area contributed by atoms with Crippen molar-refractivity contribution >= 4 is 10.0 Å². The summed E-state index contributed by atoms with van der Waals surface area (Å²) in [5.41, 5.74) is 6.26. The summed E-state index contributed by atoms with van der Waals surface area (Å²) < 4.78 is 27.6. The van der Waals surface area contributed by atoms with Gasteiger partial charge in [0.2, 0.25) is 10.0 Å². The monoisotopic (exact) mass is 283 g/mol. The lowest BCUT2D eigenvalue weighted by Gasteiger charge is -2.29. The van der Waals surface area contributed by atoms with E-state index in [1.54, 1.807) is 24.3 Å². The Bertz CT molecular complexity index is 522. The van der Waals surface area contributed by atoms with E-state index in [2.05, 4.69) is 16.7 Å². The van der Waals surface area contributed by atoms with E-state index in [1.165, 1.54) is 0 Å². The number of nitrogens with zero attached hydrogens (tertiary/aromatic N) is 1. The van der Waals surface area contributed by atoms with Gasteiger partial charge in [0.15, 0.2) is 0 Å². The quantitative estimate of drug-likeness (QED) is 0.844. The molecule has 3 N–H and O–H groups in total. The third-order valence-corrected chi connectivity index (χ3v) is 5.14. The molecule has 0 bridgehead atoms. The highest BCUT2D eigenvalue weighted by atomic mass is 32.2. The zero-order chi connectivity index (χ0) is 13.9. The standard InChI is InChI=1S/C13H21N3O2S/c1-16-8-6-12(7-9-16)15-19(17,18)13-5-3-2-4-11(13)10-14/h2-5,12,15H,6-10,14H2,1H3. The molecule has 106 valence electrons. The Kier molecular flexibility index (Phi) is 4.57. The van der Waals surface area contributed by atoms with Crippen LogP contribution < -0.4 is 10.5 Å². The molecule has 0 aliphatic carbocycles. The number of piperidine rings is 1. The van der Waals surface area contributed by atoms with Gasteiger partial charge >= 0.3 is 0 Å². The molecule has 2 rings (SSSR count). The number of hydrogen-bond donors (Lipinski definition) is 2. The van der Waals surface area contributed by atoms with E-state index in [1.807, 2.05) is 0 Å². The number of sulfonamides is 1. The van der Waals surface area contributed by atoms with Crippen LogP contribution in [0.1, 0.15) is 18.4 Å². The molecule has 0 unspecified atom stereocenters. The fourth-order valence-corrected chi connectivity index (χ4v) is 3.90. The van der Waals surface area contributed by atoms with Crippen LogP contribution in [0.3, 0.4) is 0 Å². The summed E-state index contributed by atoms with van der Waals surface area (Å²) in [7, 11) is -1.42. The van der Waals surface area contributed by atoms with Gasteiger partial charge in [0, 0.05) is 12.6 Å². The molecule has 6 heteroatoms. The van der Waals surface area contributed by atoms with Crippen LogP contribution in [0.5, 0.6) is 0 Å². The maximum absolute atomic E-state index is 12.4.